The van der Waals surface area contributed by atoms with E-state index < -0.39 is 0 Å². The van der Waals surface area contributed by atoms with Gasteiger partial charge in [-0.15, -0.1) is 12.6 Å². The number of halogens is 1. The van der Waals surface area contributed by atoms with E-state index in [2.05, 4.69) is 17.6 Å². The molecule has 0 bridgehead atoms. The molecule has 0 radical (unpaired) electrons. The lowest BCUT2D eigenvalue weighted by molar-refractivity contribution is 0.626. The Balaban J connectivity index is 1.96. The van der Waals surface area contributed by atoms with Crippen LogP contribution in [0.2, 0.25) is 0 Å². The summed E-state index contributed by atoms with van der Waals surface area (Å²) in [7, 11) is 0. The number of hydrogen-bond donors (Lipinski definition) is 1. The van der Waals surface area contributed by atoms with E-state index in [4.69, 9.17) is 0 Å². The number of hydrogen-bond acceptors (Lipinski definition) is 2. The topological polar surface area (TPSA) is 12.4 Å². The van der Waals surface area contributed by atoms with Crippen molar-refractivity contribution in [3.63, 3.8) is 0 Å². The van der Waals surface area contributed by atoms with Crippen molar-refractivity contribution in [2.24, 2.45) is 4.99 Å². The third-order valence-corrected chi connectivity index (χ3v) is 3.58. The summed E-state index contributed by atoms with van der Waals surface area (Å²) in [4.78, 5) is 5.34. The van der Waals surface area contributed by atoms with E-state index >= 15 is 0 Å². The standard InChI is InChI=1S/C16H14FNS2/c1-12-2-6-14(7-3-12)18-16(19)10-11-20-15-8-4-13(17)5-9-15/h2-11H,1H3,(H,18,19). The van der Waals surface area contributed by atoms with Crippen LogP contribution in [0, 0.1) is 12.7 Å². The van der Waals surface area contributed by atoms with Crippen molar-refractivity contribution in [1.82, 2.24) is 0 Å². The van der Waals surface area contributed by atoms with Gasteiger partial charge >= 0.3 is 0 Å². The third kappa shape index (κ3) is 4.87. The predicted octanol–water partition coefficient (Wildman–Crippen LogP) is 5.40. The average molecular weight is 303 g/mol. The van der Waals surface area contributed by atoms with Crippen molar-refractivity contribution in [1.29, 1.82) is 0 Å². The molecule has 0 unspecified atom stereocenters. The lowest BCUT2D eigenvalue weighted by Gasteiger charge is -1.97. The van der Waals surface area contributed by atoms with E-state index in [9.17, 15) is 4.39 Å². The molecule has 0 fully saturated rings. The highest BCUT2D eigenvalue weighted by Crippen LogP contribution is 2.20. The van der Waals surface area contributed by atoms with Crippen LogP contribution in [0.1, 0.15) is 5.56 Å². The van der Waals surface area contributed by atoms with Gasteiger partial charge in [-0.25, -0.2) is 9.38 Å². The summed E-state index contributed by atoms with van der Waals surface area (Å²) in [6.07, 6.45) is 1.82. The van der Waals surface area contributed by atoms with Gasteiger partial charge in [-0.3, -0.25) is 0 Å². The molecule has 0 amide bonds. The Hall–Kier alpha value is -1.52. The van der Waals surface area contributed by atoms with E-state index in [1.54, 1.807) is 12.1 Å². The number of thiol groups is 1. The molecule has 0 saturated heterocycles. The SMILES string of the molecule is Cc1ccc(N=C(S)C=CSc2ccc(F)cc2)cc1. The third-order valence-electron chi connectivity index (χ3n) is 2.51. The molecular weight excluding hydrogens is 289 g/mol. The molecule has 4 heteroatoms. The number of aryl methyl sites for hydroxylation is 1. The molecule has 2 rings (SSSR count). The summed E-state index contributed by atoms with van der Waals surface area (Å²) in [6.45, 7) is 2.04. The first kappa shape index (κ1) is 14.9. The Morgan fingerprint density at radius 2 is 1.75 bits per heavy atom. The maximum absolute atomic E-state index is 12.7. The summed E-state index contributed by atoms with van der Waals surface area (Å²) in [5.41, 5.74) is 2.07. The molecule has 0 spiro atoms. The van der Waals surface area contributed by atoms with Crippen LogP contribution in [0.3, 0.4) is 0 Å². The lowest BCUT2D eigenvalue weighted by atomic mass is 10.2. The maximum atomic E-state index is 12.7. The molecule has 0 aliphatic rings. The Morgan fingerprint density at radius 1 is 1.10 bits per heavy atom. The Kier molecular flexibility index (Phi) is 5.44. The van der Waals surface area contributed by atoms with Gasteiger partial charge in [0.25, 0.3) is 0 Å². The van der Waals surface area contributed by atoms with Gasteiger partial charge in [0.15, 0.2) is 0 Å². The van der Waals surface area contributed by atoms with E-state index in [1.165, 1.54) is 29.5 Å². The molecule has 1 nitrogen and oxygen atoms in total. The van der Waals surface area contributed by atoms with Crippen LogP contribution in [0.5, 0.6) is 0 Å². The minimum Gasteiger partial charge on any atom is -0.242 e. The smallest absolute Gasteiger partial charge is 0.123 e. The fourth-order valence-corrected chi connectivity index (χ4v) is 2.41. The van der Waals surface area contributed by atoms with Gasteiger partial charge in [-0.1, -0.05) is 29.5 Å². The van der Waals surface area contributed by atoms with Gasteiger partial charge in [-0.2, -0.15) is 0 Å². The lowest BCUT2D eigenvalue weighted by Crippen LogP contribution is -1.79. The quantitative estimate of drug-likeness (QED) is 0.345. The fourth-order valence-electron chi connectivity index (χ4n) is 1.48. The summed E-state index contributed by atoms with van der Waals surface area (Å²) in [5.74, 6) is -0.228. The van der Waals surface area contributed by atoms with Crippen molar-refractivity contribution in [2.75, 3.05) is 0 Å². The van der Waals surface area contributed by atoms with Crippen molar-refractivity contribution >= 4 is 35.1 Å². The Labute approximate surface area is 128 Å². The van der Waals surface area contributed by atoms with Crippen molar-refractivity contribution in [2.45, 2.75) is 11.8 Å². The number of aliphatic imine (C=N–C) groups is 1. The minimum absolute atomic E-state index is 0.228. The zero-order valence-corrected chi connectivity index (χ0v) is 12.7. The predicted molar refractivity (Wildman–Crippen MR) is 88.7 cm³/mol. The summed E-state index contributed by atoms with van der Waals surface area (Å²) >= 11 is 5.81. The van der Waals surface area contributed by atoms with Crippen molar-refractivity contribution in [3.8, 4) is 0 Å². The number of nitrogens with zero attached hydrogens (tertiary/aromatic N) is 1. The first-order chi connectivity index (χ1) is 9.63. The summed E-state index contributed by atoms with van der Waals surface area (Å²) in [5, 5.41) is 2.51. The number of benzene rings is 2. The molecule has 0 N–H and O–H groups in total. The van der Waals surface area contributed by atoms with Gasteiger partial charge in [0.1, 0.15) is 5.82 Å². The van der Waals surface area contributed by atoms with Crippen LogP contribution in [0.15, 0.2) is 69.9 Å². The minimum atomic E-state index is -0.228. The highest BCUT2D eigenvalue weighted by molar-refractivity contribution is 8.02. The van der Waals surface area contributed by atoms with Gasteiger partial charge in [0, 0.05) is 4.90 Å². The van der Waals surface area contributed by atoms with E-state index in [0.29, 0.717) is 5.04 Å². The molecule has 0 aliphatic carbocycles. The molecule has 20 heavy (non-hydrogen) atoms. The summed E-state index contributed by atoms with van der Waals surface area (Å²) in [6, 6.07) is 14.3. The van der Waals surface area contributed by atoms with Crippen molar-refractivity contribution < 1.29 is 4.39 Å². The normalized spacial score (nSPS) is 12.1. The first-order valence-corrected chi connectivity index (χ1v) is 7.39. The number of thioether (sulfide) groups is 1. The molecule has 0 atom stereocenters. The maximum Gasteiger partial charge on any atom is 0.123 e. The average Bonchev–Trinajstić information content (AvgIpc) is 2.44. The molecule has 0 aromatic heterocycles. The van der Waals surface area contributed by atoms with Crippen LogP contribution < -0.4 is 0 Å². The Morgan fingerprint density at radius 3 is 2.40 bits per heavy atom. The van der Waals surface area contributed by atoms with E-state index in [-0.39, 0.29) is 5.82 Å². The van der Waals surface area contributed by atoms with Gasteiger partial charge in [0.05, 0.1) is 10.7 Å². The molecule has 102 valence electrons. The molecule has 0 saturated carbocycles. The molecule has 2 aromatic rings. The van der Waals surface area contributed by atoms with Gasteiger partial charge < -0.3 is 0 Å². The Bertz CT molecular complexity index is 616. The van der Waals surface area contributed by atoms with Crippen LogP contribution in [-0.2, 0) is 0 Å². The second-order valence-corrected chi connectivity index (χ2v) is 5.62. The zero-order valence-electron chi connectivity index (χ0n) is 11.0. The van der Waals surface area contributed by atoms with Gasteiger partial charge in [0.2, 0.25) is 0 Å². The number of rotatable bonds is 4. The molecule has 0 heterocycles. The largest absolute Gasteiger partial charge is 0.242 e. The molecular formula is C16H14FNS2. The van der Waals surface area contributed by atoms with E-state index in [0.717, 1.165) is 10.6 Å². The zero-order chi connectivity index (χ0) is 14.4. The van der Waals surface area contributed by atoms with Crippen LogP contribution >= 0.6 is 24.4 Å². The second kappa shape index (κ2) is 7.31. The molecule has 0 aliphatic heterocycles. The molecule has 2 aromatic carbocycles. The second-order valence-electron chi connectivity index (χ2n) is 4.18. The van der Waals surface area contributed by atoms with Gasteiger partial charge in [-0.05, 0) is 54.8 Å². The van der Waals surface area contributed by atoms with Crippen LogP contribution in [-0.4, -0.2) is 5.04 Å². The first-order valence-electron chi connectivity index (χ1n) is 6.06. The monoisotopic (exact) mass is 303 g/mol. The highest BCUT2D eigenvalue weighted by atomic mass is 32.2. The summed E-state index contributed by atoms with van der Waals surface area (Å²) < 4.78 is 12.7. The fraction of sp³-hybridized carbons (Fsp3) is 0.0625. The van der Waals surface area contributed by atoms with Crippen LogP contribution in [0.4, 0.5) is 10.1 Å². The van der Waals surface area contributed by atoms with Crippen LogP contribution in [0.25, 0.3) is 0 Å². The highest BCUT2D eigenvalue weighted by Gasteiger charge is 1.93. The van der Waals surface area contributed by atoms with E-state index in [1.807, 2.05) is 42.7 Å². The van der Waals surface area contributed by atoms with Crippen molar-refractivity contribution in [3.05, 3.63) is 71.4 Å².